The van der Waals surface area contributed by atoms with E-state index in [9.17, 15) is 4.79 Å². The minimum absolute atomic E-state index is 0.0964. The summed E-state index contributed by atoms with van der Waals surface area (Å²) < 4.78 is 1.57. The van der Waals surface area contributed by atoms with E-state index in [1.807, 2.05) is 27.7 Å². The van der Waals surface area contributed by atoms with E-state index in [-0.39, 0.29) is 5.91 Å². The van der Waals surface area contributed by atoms with Crippen molar-refractivity contribution in [2.75, 3.05) is 5.32 Å². The first-order valence-corrected chi connectivity index (χ1v) is 8.17. The van der Waals surface area contributed by atoms with E-state index >= 15 is 0 Å². The first-order valence-electron chi connectivity index (χ1n) is 5.76. The highest BCUT2D eigenvalue weighted by atomic mass is 79.9. The minimum Gasteiger partial charge on any atom is -0.301 e. The van der Waals surface area contributed by atoms with Crippen LogP contribution < -0.4 is 5.32 Å². The highest BCUT2D eigenvalue weighted by molar-refractivity contribution is 9.10. The number of anilines is 1. The summed E-state index contributed by atoms with van der Waals surface area (Å²) in [4.78, 5) is 16.5. The van der Waals surface area contributed by atoms with Gasteiger partial charge >= 0.3 is 0 Å². The van der Waals surface area contributed by atoms with Gasteiger partial charge in [0, 0.05) is 4.47 Å². The zero-order valence-electron chi connectivity index (χ0n) is 11.1. The molecule has 1 amide bonds. The fourth-order valence-corrected chi connectivity index (χ4v) is 3.43. The Morgan fingerprint density at radius 3 is 2.63 bits per heavy atom. The van der Waals surface area contributed by atoms with Crippen molar-refractivity contribution in [2.24, 2.45) is 0 Å². The molecule has 0 saturated carbocycles. The lowest BCUT2D eigenvalue weighted by atomic mass is 10.1. The van der Waals surface area contributed by atoms with Crippen LogP contribution in [0, 0.1) is 13.8 Å². The standard InChI is InChI=1S/C13H14Br2N2OS/c1-6-5-8(14)7(2)10-9(6)16-12(19-10)17-11(18)13(3,4)15/h5H,1-4H3,(H,16,17,18). The number of alkyl halides is 1. The summed E-state index contributed by atoms with van der Waals surface area (Å²) in [5, 5.41) is 3.49. The molecule has 0 bridgehead atoms. The van der Waals surface area contributed by atoms with Gasteiger partial charge in [0.1, 0.15) is 0 Å². The van der Waals surface area contributed by atoms with Crippen LogP contribution in [0.15, 0.2) is 10.5 Å². The van der Waals surface area contributed by atoms with Crippen molar-refractivity contribution in [3.8, 4) is 0 Å². The molecule has 6 heteroatoms. The molecule has 0 spiro atoms. The van der Waals surface area contributed by atoms with Crippen molar-refractivity contribution in [2.45, 2.75) is 32.0 Å². The van der Waals surface area contributed by atoms with Gasteiger partial charge in [-0.05, 0) is 44.9 Å². The van der Waals surface area contributed by atoms with Gasteiger partial charge in [-0.15, -0.1) is 0 Å². The number of nitrogens with zero attached hydrogens (tertiary/aromatic N) is 1. The normalized spacial score (nSPS) is 11.9. The monoisotopic (exact) mass is 404 g/mol. The van der Waals surface area contributed by atoms with Crippen LogP contribution >= 0.6 is 43.2 Å². The molecule has 2 rings (SSSR count). The van der Waals surface area contributed by atoms with Crippen molar-refractivity contribution in [3.63, 3.8) is 0 Å². The van der Waals surface area contributed by atoms with E-state index in [1.165, 1.54) is 11.3 Å². The molecule has 0 unspecified atom stereocenters. The van der Waals surface area contributed by atoms with Gasteiger partial charge in [-0.3, -0.25) is 4.79 Å². The number of rotatable bonds is 2. The quantitative estimate of drug-likeness (QED) is 0.730. The van der Waals surface area contributed by atoms with Crippen LogP contribution in [0.5, 0.6) is 0 Å². The number of thiazole rings is 1. The molecule has 0 radical (unpaired) electrons. The molecule has 0 saturated heterocycles. The molecule has 102 valence electrons. The number of nitrogens with one attached hydrogen (secondary N) is 1. The second kappa shape index (κ2) is 5.14. The first-order chi connectivity index (χ1) is 8.70. The van der Waals surface area contributed by atoms with Crippen molar-refractivity contribution in [1.82, 2.24) is 4.98 Å². The number of halogens is 2. The Hall–Kier alpha value is -0.460. The van der Waals surface area contributed by atoms with Crippen LogP contribution in [0.25, 0.3) is 10.2 Å². The molecule has 19 heavy (non-hydrogen) atoms. The predicted octanol–water partition coefficient (Wildman–Crippen LogP) is 4.79. The van der Waals surface area contributed by atoms with E-state index in [0.717, 1.165) is 25.8 Å². The highest BCUT2D eigenvalue weighted by Gasteiger charge is 2.24. The van der Waals surface area contributed by atoms with Gasteiger partial charge in [0.15, 0.2) is 5.13 Å². The molecule has 0 fully saturated rings. The van der Waals surface area contributed by atoms with Crippen LogP contribution in [0.4, 0.5) is 5.13 Å². The van der Waals surface area contributed by atoms with E-state index < -0.39 is 4.32 Å². The Kier molecular flexibility index (Phi) is 4.05. The number of hydrogen-bond acceptors (Lipinski definition) is 3. The molecule has 0 atom stereocenters. The molecule has 2 aromatic rings. The van der Waals surface area contributed by atoms with Crippen LogP contribution in [0.1, 0.15) is 25.0 Å². The molecule has 0 aliphatic heterocycles. The third-order valence-electron chi connectivity index (χ3n) is 2.80. The zero-order valence-corrected chi connectivity index (χ0v) is 15.1. The maximum absolute atomic E-state index is 11.9. The van der Waals surface area contributed by atoms with Crippen molar-refractivity contribution in [3.05, 3.63) is 21.7 Å². The lowest BCUT2D eigenvalue weighted by Gasteiger charge is -2.13. The molecule has 1 aromatic heterocycles. The average Bonchev–Trinajstić information content (AvgIpc) is 2.69. The minimum atomic E-state index is -0.602. The summed E-state index contributed by atoms with van der Waals surface area (Å²) in [6, 6.07) is 2.05. The molecular weight excluding hydrogens is 392 g/mol. The van der Waals surface area contributed by atoms with Gasteiger partial charge in [0.25, 0.3) is 0 Å². The number of fused-ring (bicyclic) bond motifs is 1. The van der Waals surface area contributed by atoms with Gasteiger partial charge in [-0.1, -0.05) is 43.2 Å². The smallest absolute Gasteiger partial charge is 0.242 e. The van der Waals surface area contributed by atoms with E-state index in [1.54, 1.807) is 0 Å². The SMILES string of the molecule is Cc1cc(Br)c(C)c2sc(NC(=O)C(C)(C)Br)nc12. The number of amides is 1. The molecule has 0 aliphatic carbocycles. The van der Waals surface area contributed by atoms with Crippen molar-refractivity contribution < 1.29 is 4.79 Å². The summed E-state index contributed by atoms with van der Waals surface area (Å²) in [7, 11) is 0. The summed E-state index contributed by atoms with van der Waals surface area (Å²) in [5.74, 6) is -0.0964. The fourth-order valence-electron chi connectivity index (χ4n) is 1.62. The van der Waals surface area contributed by atoms with Crippen LogP contribution in [-0.4, -0.2) is 15.2 Å². The van der Waals surface area contributed by atoms with Crippen LogP contribution in [0.2, 0.25) is 0 Å². The predicted molar refractivity (Wildman–Crippen MR) is 88.4 cm³/mol. The Morgan fingerprint density at radius 1 is 1.42 bits per heavy atom. The second-order valence-electron chi connectivity index (χ2n) is 4.92. The highest BCUT2D eigenvalue weighted by Crippen LogP contribution is 2.35. The Labute approximate surface area is 133 Å². The topological polar surface area (TPSA) is 42.0 Å². The average molecular weight is 406 g/mol. The summed E-state index contributed by atoms with van der Waals surface area (Å²) >= 11 is 8.39. The maximum Gasteiger partial charge on any atom is 0.242 e. The zero-order chi connectivity index (χ0) is 14.4. The molecule has 1 heterocycles. The third kappa shape index (κ3) is 3.01. The van der Waals surface area contributed by atoms with Crippen molar-refractivity contribution in [1.29, 1.82) is 0 Å². The lowest BCUT2D eigenvalue weighted by molar-refractivity contribution is -0.117. The summed E-state index contributed by atoms with van der Waals surface area (Å²) in [6.45, 7) is 7.68. The van der Waals surface area contributed by atoms with Gasteiger partial charge in [-0.2, -0.15) is 0 Å². The molecule has 1 N–H and O–H groups in total. The molecule has 1 aromatic carbocycles. The number of carbonyl (C=O) groups excluding carboxylic acids is 1. The maximum atomic E-state index is 11.9. The largest absolute Gasteiger partial charge is 0.301 e. The Morgan fingerprint density at radius 2 is 2.05 bits per heavy atom. The van der Waals surface area contributed by atoms with Gasteiger partial charge in [0.2, 0.25) is 5.91 Å². The van der Waals surface area contributed by atoms with E-state index in [4.69, 9.17) is 0 Å². The lowest BCUT2D eigenvalue weighted by Crippen LogP contribution is -2.30. The molecule has 0 aliphatic rings. The number of hydrogen-bond donors (Lipinski definition) is 1. The van der Waals surface area contributed by atoms with E-state index in [0.29, 0.717) is 5.13 Å². The number of aryl methyl sites for hydroxylation is 2. The number of benzene rings is 1. The van der Waals surface area contributed by atoms with Crippen LogP contribution in [0.3, 0.4) is 0 Å². The summed E-state index contributed by atoms with van der Waals surface area (Å²) in [5.41, 5.74) is 3.20. The summed E-state index contributed by atoms with van der Waals surface area (Å²) in [6.07, 6.45) is 0. The third-order valence-corrected chi connectivity index (χ3v) is 5.08. The fraction of sp³-hybridized carbons (Fsp3) is 0.385. The molecular formula is C13H14Br2N2OS. The van der Waals surface area contributed by atoms with Crippen LogP contribution in [-0.2, 0) is 4.79 Å². The number of carbonyl (C=O) groups is 1. The van der Waals surface area contributed by atoms with Crippen molar-refractivity contribution >= 4 is 64.5 Å². The Bertz CT molecular complexity index is 659. The van der Waals surface area contributed by atoms with E-state index in [2.05, 4.69) is 48.2 Å². The van der Waals surface area contributed by atoms with Gasteiger partial charge in [0.05, 0.1) is 14.5 Å². The molecule has 3 nitrogen and oxygen atoms in total. The van der Waals surface area contributed by atoms with Gasteiger partial charge < -0.3 is 5.32 Å². The second-order valence-corrected chi connectivity index (χ2v) is 8.76. The first kappa shape index (κ1) is 14.9. The van der Waals surface area contributed by atoms with Gasteiger partial charge in [-0.25, -0.2) is 4.98 Å². The number of aromatic nitrogens is 1. The Balaban J connectivity index is 2.46.